The van der Waals surface area contributed by atoms with E-state index in [1.54, 1.807) is 0 Å². The lowest BCUT2D eigenvalue weighted by molar-refractivity contribution is 0.165. The highest BCUT2D eigenvalue weighted by Gasteiger charge is 2.29. The Balaban J connectivity index is 1.44. The summed E-state index contributed by atoms with van der Waals surface area (Å²) in [5, 5.41) is 3.63. The third-order valence-electron chi connectivity index (χ3n) is 4.47. The van der Waals surface area contributed by atoms with Crippen molar-refractivity contribution in [1.29, 1.82) is 0 Å². The molecule has 0 amide bonds. The molecule has 0 spiro atoms. The number of benzene rings is 1. The molecule has 0 radical (unpaired) electrons. The molecule has 2 unspecified atom stereocenters. The Bertz CT molecular complexity index is 455. The summed E-state index contributed by atoms with van der Waals surface area (Å²) in [5.74, 6) is 1.88. The maximum absolute atomic E-state index is 6.06. The number of likely N-dealkylation sites (tertiary alicyclic amines) is 1. The topological polar surface area (TPSA) is 24.5 Å². The summed E-state index contributed by atoms with van der Waals surface area (Å²) in [6.07, 6.45) is 2.72. The highest BCUT2D eigenvalue weighted by atomic mass is 16.5. The predicted molar refractivity (Wildman–Crippen MR) is 86.9 cm³/mol. The van der Waals surface area contributed by atoms with E-state index in [2.05, 4.69) is 55.3 Å². The lowest BCUT2D eigenvalue weighted by Gasteiger charge is -2.24. The van der Waals surface area contributed by atoms with E-state index in [0.717, 1.165) is 31.2 Å². The number of fused-ring (bicyclic) bond motifs is 1. The molecular formula is C18H28N2O. The lowest BCUT2D eigenvalue weighted by Crippen LogP contribution is -2.40. The second-order valence-corrected chi connectivity index (χ2v) is 7.60. The second-order valence-electron chi connectivity index (χ2n) is 7.60. The van der Waals surface area contributed by atoms with Crippen molar-refractivity contribution >= 4 is 0 Å². The van der Waals surface area contributed by atoms with E-state index in [0.29, 0.717) is 6.10 Å². The SMILES string of the molecule is CC(C)(C)NCC1CCN(CC2Cc3ccccc3O2)C1. The molecule has 2 atom stereocenters. The third-order valence-corrected chi connectivity index (χ3v) is 4.47. The van der Waals surface area contributed by atoms with Gasteiger partial charge in [-0.15, -0.1) is 0 Å². The zero-order chi connectivity index (χ0) is 14.9. The summed E-state index contributed by atoms with van der Waals surface area (Å²) in [6.45, 7) is 11.3. The monoisotopic (exact) mass is 288 g/mol. The van der Waals surface area contributed by atoms with Gasteiger partial charge in [0.05, 0.1) is 0 Å². The maximum atomic E-state index is 6.06. The summed E-state index contributed by atoms with van der Waals surface area (Å²) in [4.78, 5) is 2.57. The molecule has 3 heteroatoms. The summed E-state index contributed by atoms with van der Waals surface area (Å²) < 4.78 is 6.06. The normalized spacial score (nSPS) is 25.9. The first-order valence-electron chi connectivity index (χ1n) is 8.21. The van der Waals surface area contributed by atoms with Gasteiger partial charge in [-0.1, -0.05) is 18.2 Å². The quantitative estimate of drug-likeness (QED) is 0.922. The van der Waals surface area contributed by atoms with E-state index >= 15 is 0 Å². The molecule has 1 N–H and O–H groups in total. The fraction of sp³-hybridized carbons (Fsp3) is 0.667. The van der Waals surface area contributed by atoms with Gasteiger partial charge in [-0.3, -0.25) is 4.90 Å². The van der Waals surface area contributed by atoms with Crippen LogP contribution in [0.4, 0.5) is 0 Å². The van der Waals surface area contributed by atoms with Gasteiger partial charge in [0.1, 0.15) is 11.9 Å². The Morgan fingerprint density at radius 2 is 2.10 bits per heavy atom. The number of nitrogens with zero attached hydrogens (tertiary/aromatic N) is 1. The van der Waals surface area contributed by atoms with Crippen molar-refractivity contribution in [1.82, 2.24) is 10.2 Å². The fourth-order valence-electron chi connectivity index (χ4n) is 3.34. The summed E-state index contributed by atoms with van der Waals surface area (Å²) >= 11 is 0. The molecule has 116 valence electrons. The number of para-hydroxylation sites is 1. The second kappa shape index (κ2) is 5.98. The van der Waals surface area contributed by atoms with Gasteiger partial charge >= 0.3 is 0 Å². The largest absolute Gasteiger partial charge is 0.488 e. The maximum Gasteiger partial charge on any atom is 0.123 e. The van der Waals surface area contributed by atoms with Gasteiger partial charge in [-0.05, 0) is 57.8 Å². The predicted octanol–water partition coefficient (Wildman–Crippen LogP) is 2.70. The summed E-state index contributed by atoms with van der Waals surface area (Å²) in [7, 11) is 0. The van der Waals surface area contributed by atoms with E-state index in [9.17, 15) is 0 Å². The molecule has 0 aromatic heterocycles. The van der Waals surface area contributed by atoms with Gasteiger partial charge in [0.2, 0.25) is 0 Å². The Kier molecular flexibility index (Phi) is 4.23. The number of nitrogens with one attached hydrogen (secondary N) is 1. The molecular weight excluding hydrogens is 260 g/mol. The Labute approximate surface area is 128 Å². The highest BCUT2D eigenvalue weighted by Crippen LogP contribution is 2.29. The van der Waals surface area contributed by atoms with Gasteiger partial charge in [0, 0.05) is 25.0 Å². The molecule has 3 nitrogen and oxygen atoms in total. The third kappa shape index (κ3) is 3.98. The van der Waals surface area contributed by atoms with Crippen molar-refractivity contribution in [2.24, 2.45) is 5.92 Å². The molecule has 0 saturated carbocycles. The van der Waals surface area contributed by atoms with Crippen molar-refractivity contribution in [2.45, 2.75) is 45.3 Å². The lowest BCUT2D eigenvalue weighted by atomic mass is 10.1. The van der Waals surface area contributed by atoms with Crippen LogP contribution >= 0.6 is 0 Å². The Morgan fingerprint density at radius 1 is 1.29 bits per heavy atom. The van der Waals surface area contributed by atoms with Crippen LogP contribution in [0.25, 0.3) is 0 Å². The molecule has 1 saturated heterocycles. The average molecular weight is 288 g/mol. The van der Waals surface area contributed by atoms with Crippen LogP contribution in [0.1, 0.15) is 32.8 Å². The zero-order valence-corrected chi connectivity index (χ0v) is 13.6. The minimum absolute atomic E-state index is 0.226. The number of ether oxygens (including phenoxy) is 1. The molecule has 3 rings (SSSR count). The molecule has 0 bridgehead atoms. The number of rotatable bonds is 4. The number of hydrogen-bond acceptors (Lipinski definition) is 3. The van der Waals surface area contributed by atoms with Crippen LogP contribution in [-0.2, 0) is 6.42 Å². The van der Waals surface area contributed by atoms with Crippen molar-refractivity contribution in [2.75, 3.05) is 26.2 Å². The van der Waals surface area contributed by atoms with Gasteiger partial charge in [-0.2, -0.15) is 0 Å². The highest BCUT2D eigenvalue weighted by molar-refractivity contribution is 5.37. The van der Waals surface area contributed by atoms with E-state index in [1.807, 2.05) is 0 Å². The molecule has 2 aliphatic heterocycles. The van der Waals surface area contributed by atoms with Crippen LogP contribution in [0.3, 0.4) is 0 Å². The van der Waals surface area contributed by atoms with Crippen LogP contribution in [0.15, 0.2) is 24.3 Å². The van der Waals surface area contributed by atoms with Crippen molar-refractivity contribution in [3.8, 4) is 5.75 Å². The van der Waals surface area contributed by atoms with Crippen LogP contribution in [0.5, 0.6) is 5.75 Å². The van der Waals surface area contributed by atoms with Gasteiger partial charge < -0.3 is 10.1 Å². The molecule has 1 aromatic carbocycles. The molecule has 1 aromatic rings. The van der Waals surface area contributed by atoms with E-state index in [4.69, 9.17) is 4.74 Å². The van der Waals surface area contributed by atoms with Gasteiger partial charge in [0.25, 0.3) is 0 Å². The smallest absolute Gasteiger partial charge is 0.123 e. The van der Waals surface area contributed by atoms with Crippen molar-refractivity contribution in [3.63, 3.8) is 0 Å². The first-order valence-corrected chi connectivity index (χ1v) is 8.21. The molecule has 1 fully saturated rings. The van der Waals surface area contributed by atoms with Crippen molar-refractivity contribution in [3.05, 3.63) is 29.8 Å². The van der Waals surface area contributed by atoms with E-state index < -0.39 is 0 Å². The summed E-state index contributed by atoms with van der Waals surface area (Å²) in [5.41, 5.74) is 1.59. The fourth-order valence-corrected chi connectivity index (χ4v) is 3.34. The van der Waals surface area contributed by atoms with E-state index in [-0.39, 0.29) is 5.54 Å². The average Bonchev–Trinajstić information content (AvgIpc) is 3.01. The van der Waals surface area contributed by atoms with Crippen molar-refractivity contribution < 1.29 is 4.74 Å². The zero-order valence-electron chi connectivity index (χ0n) is 13.6. The first-order chi connectivity index (χ1) is 9.99. The van der Waals surface area contributed by atoms with Crippen LogP contribution in [-0.4, -0.2) is 42.7 Å². The van der Waals surface area contributed by atoms with Gasteiger partial charge in [0.15, 0.2) is 0 Å². The minimum atomic E-state index is 0.226. The molecule has 21 heavy (non-hydrogen) atoms. The number of hydrogen-bond donors (Lipinski definition) is 1. The standard InChI is InChI=1S/C18H28N2O/c1-18(2,3)19-11-14-8-9-20(12-14)13-16-10-15-6-4-5-7-17(15)21-16/h4-7,14,16,19H,8-13H2,1-3H3. The minimum Gasteiger partial charge on any atom is -0.488 e. The molecule has 2 aliphatic rings. The van der Waals surface area contributed by atoms with Gasteiger partial charge in [-0.25, -0.2) is 0 Å². The molecule has 0 aliphatic carbocycles. The van der Waals surface area contributed by atoms with E-state index in [1.165, 1.54) is 25.1 Å². The van der Waals surface area contributed by atoms with Crippen LogP contribution < -0.4 is 10.1 Å². The Morgan fingerprint density at radius 3 is 2.86 bits per heavy atom. The summed E-state index contributed by atoms with van der Waals surface area (Å²) in [6, 6.07) is 8.45. The molecule has 2 heterocycles. The van der Waals surface area contributed by atoms with Crippen LogP contribution in [0, 0.1) is 5.92 Å². The van der Waals surface area contributed by atoms with Crippen LogP contribution in [0.2, 0.25) is 0 Å². The Hall–Kier alpha value is -1.06. The first kappa shape index (κ1) is 14.9.